The van der Waals surface area contributed by atoms with Crippen LogP contribution in [0.15, 0.2) is 54.7 Å². The minimum atomic E-state index is 0.366. The first kappa shape index (κ1) is 17.3. The maximum absolute atomic E-state index is 5.29. The van der Waals surface area contributed by atoms with Gasteiger partial charge in [0.05, 0.1) is 11.1 Å². The van der Waals surface area contributed by atoms with Gasteiger partial charge in [0.25, 0.3) is 0 Å². The van der Waals surface area contributed by atoms with E-state index in [9.17, 15) is 0 Å². The molecule has 0 aromatic carbocycles. The Kier molecular flexibility index (Phi) is 4.88. The number of rotatable bonds is 5. The van der Waals surface area contributed by atoms with Crippen LogP contribution in [-0.2, 0) is 4.84 Å². The SMILES string of the molecule is C=CCON=C1CCN(C)c2ncc(-c3cnc(-c4cccnc4)s3)nc21. The van der Waals surface area contributed by atoms with Crippen LogP contribution in [0.5, 0.6) is 0 Å². The minimum absolute atomic E-state index is 0.366. The molecule has 7 nitrogen and oxygen atoms in total. The van der Waals surface area contributed by atoms with Crippen molar-refractivity contribution in [1.82, 2.24) is 19.9 Å². The molecule has 4 heterocycles. The van der Waals surface area contributed by atoms with Crippen molar-refractivity contribution in [2.24, 2.45) is 5.16 Å². The van der Waals surface area contributed by atoms with E-state index in [2.05, 4.69) is 31.6 Å². The molecule has 136 valence electrons. The topological polar surface area (TPSA) is 76.4 Å². The minimum Gasteiger partial charge on any atom is -0.391 e. The molecule has 8 heteroatoms. The van der Waals surface area contributed by atoms with Crippen molar-refractivity contribution in [1.29, 1.82) is 0 Å². The van der Waals surface area contributed by atoms with Gasteiger partial charge in [0, 0.05) is 44.2 Å². The number of hydrogen-bond acceptors (Lipinski definition) is 8. The molecule has 27 heavy (non-hydrogen) atoms. The fourth-order valence-corrected chi connectivity index (χ4v) is 3.60. The Morgan fingerprint density at radius 2 is 2.26 bits per heavy atom. The van der Waals surface area contributed by atoms with Gasteiger partial charge >= 0.3 is 0 Å². The van der Waals surface area contributed by atoms with Crippen LogP contribution in [0.1, 0.15) is 12.1 Å². The molecule has 0 aliphatic carbocycles. The van der Waals surface area contributed by atoms with Gasteiger partial charge in [-0.3, -0.25) is 4.98 Å². The number of aromatic nitrogens is 4. The van der Waals surface area contributed by atoms with Crippen molar-refractivity contribution in [2.75, 3.05) is 25.1 Å². The van der Waals surface area contributed by atoms with Crippen LogP contribution in [0.25, 0.3) is 21.1 Å². The second kappa shape index (κ2) is 7.63. The van der Waals surface area contributed by atoms with E-state index in [0.29, 0.717) is 6.61 Å². The molecule has 3 aromatic rings. The molecule has 0 amide bonds. The van der Waals surface area contributed by atoms with Crippen LogP contribution >= 0.6 is 11.3 Å². The summed E-state index contributed by atoms with van der Waals surface area (Å²) < 4.78 is 0. The summed E-state index contributed by atoms with van der Waals surface area (Å²) in [6, 6.07) is 3.89. The highest BCUT2D eigenvalue weighted by atomic mass is 32.1. The predicted molar refractivity (Wildman–Crippen MR) is 107 cm³/mol. The Labute approximate surface area is 161 Å². The molecule has 0 saturated heterocycles. The molecule has 0 bridgehead atoms. The molecule has 1 aliphatic rings. The van der Waals surface area contributed by atoms with Gasteiger partial charge in [-0.25, -0.2) is 15.0 Å². The van der Waals surface area contributed by atoms with Crippen LogP contribution in [0, 0.1) is 0 Å². The zero-order valence-corrected chi connectivity index (χ0v) is 15.7. The lowest BCUT2D eigenvalue weighted by Crippen LogP contribution is -2.30. The van der Waals surface area contributed by atoms with E-state index in [1.165, 1.54) is 0 Å². The molecule has 0 fully saturated rings. The van der Waals surface area contributed by atoms with Crippen molar-refractivity contribution in [3.05, 3.63) is 55.3 Å². The molecule has 0 atom stereocenters. The van der Waals surface area contributed by atoms with Crippen molar-refractivity contribution in [3.8, 4) is 21.1 Å². The van der Waals surface area contributed by atoms with Gasteiger partial charge < -0.3 is 9.74 Å². The average Bonchev–Trinajstić information content (AvgIpc) is 3.21. The molecule has 4 rings (SSSR count). The van der Waals surface area contributed by atoms with E-state index in [1.807, 2.05) is 25.4 Å². The summed E-state index contributed by atoms with van der Waals surface area (Å²) in [5.74, 6) is 0.808. The number of oxime groups is 1. The van der Waals surface area contributed by atoms with Gasteiger partial charge in [-0.2, -0.15) is 0 Å². The van der Waals surface area contributed by atoms with E-state index in [1.54, 1.807) is 36.0 Å². The molecular formula is C19H18N6OS. The van der Waals surface area contributed by atoms with Crippen LogP contribution in [0.2, 0.25) is 0 Å². The Morgan fingerprint density at radius 3 is 3.07 bits per heavy atom. The fourth-order valence-electron chi connectivity index (χ4n) is 2.74. The maximum atomic E-state index is 5.29. The number of thiazole rings is 1. The van der Waals surface area contributed by atoms with Crippen LogP contribution in [-0.4, -0.2) is 45.8 Å². The summed E-state index contributed by atoms with van der Waals surface area (Å²) in [5.41, 5.74) is 3.31. The van der Waals surface area contributed by atoms with E-state index in [0.717, 1.165) is 51.3 Å². The van der Waals surface area contributed by atoms with Crippen molar-refractivity contribution >= 4 is 22.9 Å². The summed E-state index contributed by atoms with van der Waals surface area (Å²) in [6.45, 7) is 4.83. The van der Waals surface area contributed by atoms with Gasteiger partial charge in [-0.1, -0.05) is 17.8 Å². The summed E-state index contributed by atoms with van der Waals surface area (Å²) in [4.78, 5) is 26.4. The van der Waals surface area contributed by atoms with Crippen LogP contribution < -0.4 is 4.90 Å². The molecule has 0 N–H and O–H groups in total. The van der Waals surface area contributed by atoms with E-state index in [-0.39, 0.29) is 0 Å². The van der Waals surface area contributed by atoms with Crippen LogP contribution in [0.3, 0.4) is 0 Å². The van der Waals surface area contributed by atoms with Crippen molar-refractivity contribution in [2.45, 2.75) is 6.42 Å². The van der Waals surface area contributed by atoms with E-state index < -0.39 is 0 Å². The van der Waals surface area contributed by atoms with Gasteiger partial charge in [0.2, 0.25) is 0 Å². The zero-order chi connectivity index (χ0) is 18.6. The Hall–Kier alpha value is -3.13. The molecule has 3 aromatic heterocycles. The number of pyridine rings is 1. The monoisotopic (exact) mass is 378 g/mol. The molecule has 0 radical (unpaired) electrons. The van der Waals surface area contributed by atoms with Gasteiger partial charge in [0.15, 0.2) is 5.82 Å². The first-order valence-corrected chi connectivity index (χ1v) is 9.33. The summed E-state index contributed by atoms with van der Waals surface area (Å²) in [7, 11) is 2.00. The largest absolute Gasteiger partial charge is 0.391 e. The predicted octanol–water partition coefficient (Wildman–Crippen LogP) is 3.41. The first-order chi connectivity index (χ1) is 13.3. The van der Waals surface area contributed by atoms with Gasteiger partial charge in [-0.15, -0.1) is 11.3 Å². The lowest BCUT2D eigenvalue weighted by atomic mass is 10.1. The lowest BCUT2D eigenvalue weighted by Gasteiger charge is -2.26. The second-order valence-corrected chi connectivity index (χ2v) is 7.02. The lowest BCUT2D eigenvalue weighted by molar-refractivity contribution is 0.174. The highest BCUT2D eigenvalue weighted by Crippen LogP contribution is 2.32. The highest BCUT2D eigenvalue weighted by molar-refractivity contribution is 7.18. The summed E-state index contributed by atoms with van der Waals surface area (Å²) in [6.07, 6.45) is 9.57. The fraction of sp³-hybridized carbons (Fsp3) is 0.211. The third-order valence-electron chi connectivity index (χ3n) is 4.11. The van der Waals surface area contributed by atoms with E-state index in [4.69, 9.17) is 9.82 Å². The first-order valence-electron chi connectivity index (χ1n) is 8.51. The third-order valence-corrected chi connectivity index (χ3v) is 5.17. The number of fused-ring (bicyclic) bond motifs is 1. The zero-order valence-electron chi connectivity index (χ0n) is 14.9. The van der Waals surface area contributed by atoms with Crippen LogP contribution in [0.4, 0.5) is 5.82 Å². The van der Waals surface area contributed by atoms with Crippen molar-refractivity contribution in [3.63, 3.8) is 0 Å². The van der Waals surface area contributed by atoms with Crippen molar-refractivity contribution < 1.29 is 4.84 Å². The average molecular weight is 378 g/mol. The third kappa shape index (κ3) is 3.56. The highest BCUT2D eigenvalue weighted by Gasteiger charge is 2.24. The Morgan fingerprint density at radius 1 is 1.33 bits per heavy atom. The maximum Gasteiger partial charge on any atom is 0.156 e. The Bertz CT molecular complexity index is 985. The smallest absolute Gasteiger partial charge is 0.156 e. The number of anilines is 1. The quantitative estimate of drug-likeness (QED) is 0.385. The second-order valence-electron chi connectivity index (χ2n) is 5.99. The standard InChI is InChI=1S/C19H18N6OS/c1-3-9-26-24-14-6-8-25(2)18-17(14)23-15(11-21-18)16-12-22-19(27-16)13-5-4-7-20-10-13/h3-5,7,10-12H,1,6,8-9H2,2H3. The van der Waals surface area contributed by atoms with Gasteiger partial charge in [-0.05, 0) is 12.1 Å². The van der Waals surface area contributed by atoms with Gasteiger partial charge in [0.1, 0.15) is 28.7 Å². The number of nitrogens with zero attached hydrogens (tertiary/aromatic N) is 6. The Balaban J connectivity index is 1.69. The number of hydrogen-bond donors (Lipinski definition) is 0. The molecular weight excluding hydrogens is 360 g/mol. The molecule has 1 aliphatic heterocycles. The normalized spacial score (nSPS) is 14.9. The van der Waals surface area contributed by atoms with E-state index >= 15 is 0 Å². The summed E-state index contributed by atoms with van der Waals surface area (Å²) >= 11 is 1.56. The molecule has 0 unspecified atom stereocenters. The molecule has 0 saturated carbocycles. The summed E-state index contributed by atoms with van der Waals surface area (Å²) in [5, 5.41) is 5.13. The molecule has 0 spiro atoms.